The van der Waals surface area contributed by atoms with Crippen molar-refractivity contribution >= 4 is 11.9 Å². The van der Waals surface area contributed by atoms with Gasteiger partial charge in [-0.1, -0.05) is 0 Å². The molecule has 0 saturated carbocycles. The Hall–Kier alpha value is -0.584. The van der Waals surface area contributed by atoms with Gasteiger partial charge in [-0.05, 0) is 28.2 Å². The zero-order valence-electron chi connectivity index (χ0n) is 11.3. The Labute approximate surface area is 129 Å². The van der Waals surface area contributed by atoms with E-state index < -0.39 is 22.2 Å². The molecule has 20 heavy (non-hydrogen) atoms. The normalized spacial score (nSPS) is 6.40. The summed E-state index contributed by atoms with van der Waals surface area (Å²) in [5.74, 6) is -4.37. The SMILES string of the molecule is CN.CN.CN.CN.O=C([O-])C(=O)[O-].[Co+3].[O-][Cl+3]([O-])([O-])[O-]. The number of carboxylic acids is 2. The summed E-state index contributed by atoms with van der Waals surface area (Å²) in [5, 5.41) is 17.9. The number of carboxylic acid groups (broad SMARTS) is 2. The number of aliphatic carboxylic acids is 2. The van der Waals surface area contributed by atoms with Crippen LogP contribution in [0.2, 0.25) is 0 Å². The van der Waals surface area contributed by atoms with Crippen LogP contribution in [-0.4, -0.2) is 40.1 Å². The van der Waals surface area contributed by atoms with Crippen LogP contribution in [0.3, 0.4) is 0 Å². The molecule has 0 amide bonds. The molecule has 0 heterocycles. The number of hydrogen-bond acceptors (Lipinski definition) is 12. The van der Waals surface area contributed by atoms with Crippen molar-refractivity contribution in [3.63, 3.8) is 0 Å². The molecule has 12 nitrogen and oxygen atoms in total. The molecule has 0 rings (SSSR count). The molecule has 0 aliphatic carbocycles. The standard InChI is InChI=1S/C2H2O4.4CH5N.ClHO4.Co/c3-1(4)2(5)6;4*1-2;2-1(3,4)5;/h(H,3,4)(H,5,6);4*2H2,1H3;(H,2,3,4,5);/q;;;;;;+3/p-3. The van der Waals surface area contributed by atoms with Crippen molar-refractivity contribution in [3.8, 4) is 0 Å². The first-order valence-corrected chi connectivity index (χ1v) is 5.23. The third-order valence-corrected chi connectivity index (χ3v) is 0.167. The monoisotopic (exact) mass is 370 g/mol. The minimum atomic E-state index is -4.94. The quantitative estimate of drug-likeness (QED) is 0.289. The van der Waals surface area contributed by atoms with Crippen LogP contribution in [0.15, 0.2) is 0 Å². The van der Waals surface area contributed by atoms with Gasteiger partial charge in [0.1, 0.15) is 0 Å². The molecule has 0 atom stereocenters. The van der Waals surface area contributed by atoms with Gasteiger partial charge < -0.3 is 42.7 Å². The molecule has 0 aromatic carbocycles. The average Bonchev–Trinajstić information content (AvgIpc) is 2.37. The maximum Gasteiger partial charge on any atom is 3.00 e. The van der Waals surface area contributed by atoms with E-state index in [1.165, 1.54) is 28.2 Å². The number of rotatable bonds is 0. The van der Waals surface area contributed by atoms with Crippen molar-refractivity contribution in [2.24, 2.45) is 22.9 Å². The summed E-state index contributed by atoms with van der Waals surface area (Å²) in [4.78, 5) is 17.9. The summed E-state index contributed by atoms with van der Waals surface area (Å²) in [5.41, 5.74) is 18.0. The fraction of sp³-hybridized carbons (Fsp3) is 0.667. The van der Waals surface area contributed by atoms with Gasteiger partial charge in [-0.15, -0.1) is 10.2 Å². The van der Waals surface area contributed by atoms with Gasteiger partial charge in [0.15, 0.2) is 0 Å². The van der Waals surface area contributed by atoms with Crippen LogP contribution in [0.1, 0.15) is 0 Å². The van der Waals surface area contributed by atoms with Gasteiger partial charge in [0.05, 0.1) is 11.9 Å². The number of carbonyl (C=O) groups excluding carboxylic acids is 2. The molecular formula is C6H20ClCoN4O8. The molecule has 0 bridgehead atoms. The van der Waals surface area contributed by atoms with Gasteiger partial charge in [-0.3, -0.25) is 0 Å². The van der Waals surface area contributed by atoms with E-state index in [-0.39, 0.29) is 16.8 Å². The molecule has 0 aliphatic heterocycles. The second kappa shape index (κ2) is 42.9. The predicted molar refractivity (Wildman–Crippen MR) is 50.5 cm³/mol. The predicted octanol–water partition coefficient (Wildman–Crippen LogP) is -9.97. The Morgan fingerprint density at radius 1 is 0.650 bits per heavy atom. The second-order valence-corrected chi connectivity index (χ2v) is 1.71. The zero-order valence-corrected chi connectivity index (χ0v) is 13.1. The molecule has 0 aromatic heterocycles. The Morgan fingerprint density at radius 3 is 0.700 bits per heavy atom. The number of carbonyl (C=O) groups is 2. The van der Waals surface area contributed by atoms with Crippen molar-refractivity contribution in [2.75, 3.05) is 28.2 Å². The summed E-state index contributed by atoms with van der Waals surface area (Å²) in [6.45, 7) is 0. The second-order valence-electron chi connectivity index (χ2n) is 0.953. The van der Waals surface area contributed by atoms with Crippen molar-refractivity contribution < 1.29 is 65.5 Å². The minimum absolute atomic E-state index is 0. The van der Waals surface area contributed by atoms with Crippen LogP contribution < -0.4 is 51.8 Å². The minimum Gasteiger partial charge on any atom is -0.543 e. The van der Waals surface area contributed by atoms with Gasteiger partial charge in [0.25, 0.3) is 0 Å². The Bertz CT molecular complexity index is 154. The summed E-state index contributed by atoms with van der Waals surface area (Å²) >= 11 is 0. The van der Waals surface area contributed by atoms with E-state index >= 15 is 0 Å². The van der Waals surface area contributed by atoms with Gasteiger partial charge in [-0.25, -0.2) is 18.6 Å². The average molecular weight is 371 g/mol. The van der Waals surface area contributed by atoms with Crippen LogP contribution >= 0.6 is 0 Å². The van der Waals surface area contributed by atoms with Crippen LogP contribution in [0.4, 0.5) is 0 Å². The van der Waals surface area contributed by atoms with E-state index in [0.717, 1.165) is 0 Å². The van der Waals surface area contributed by atoms with Gasteiger partial charge in [0.2, 0.25) is 0 Å². The topological polar surface area (TPSA) is 277 Å². The van der Waals surface area contributed by atoms with E-state index in [0.29, 0.717) is 0 Å². The third kappa shape index (κ3) is 402. The van der Waals surface area contributed by atoms with E-state index in [4.69, 9.17) is 38.4 Å². The van der Waals surface area contributed by atoms with E-state index in [2.05, 4.69) is 22.9 Å². The van der Waals surface area contributed by atoms with Crippen LogP contribution in [0, 0.1) is 10.2 Å². The van der Waals surface area contributed by atoms with Crippen LogP contribution in [0.25, 0.3) is 0 Å². The smallest absolute Gasteiger partial charge is 0.543 e. The van der Waals surface area contributed by atoms with E-state index in [1.54, 1.807) is 0 Å². The first kappa shape index (κ1) is 42.7. The molecule has 8 N–H and O–H groups in total. The van der Waals surface area contributed by atoms with Crippen LogP contribution in [0.5, 0.6) is 0 Å². The Kier molecular flexibility index (Phi) is 91.5. The molecule has 14 heteroatoms. The third-order valence-electron chi connectivity index (χ3n) is 0.167. The number of hydrogen-bond donors (Lipinski definition) is 4. The molecule has 0 radical (unpaired) electrons. The summed E-state index contributed by atoms with van der Waals surface area (Å²) in [6, 6.07) is 0. The first-order valence-electron chi connectivity index (χ1n) is 3.99. The van der Waals surface area contributed by atoms with E-state index in [1.807, 2.05) is 0 Å². The molecule has 0 aliphatic rings. The van der Waals surface area contributed by atoms with Crippen LogP contribution in [-0.2, 0) is 26.4 Å². The summed E-state index contributed by atoms with van der Waals surface area (Å²) in [7, 11) is 1.06. The molecule has 0 fully saturated rings. The fourth-order valence-electron chi connectivity index (χ4n) is 0. The van der Waals surface area contributed by atoms with Gasteiger partial charge >= 0.3 is 16.8 Å². The Balaban J connectivity index is -0.0000000220. The Morgan fingerprint density at radius 2 is 0.700 bits per heavy atom. The molecule has 0 saturated heterocycles. The van der Waals surface area contributed by atoms with Crippen molar-refractivity contribution in [1.29, 1.82) is 0 Å². The molecule has 128 valence electrons. The number of halogens is 1. The first-order chi connectivity index (χ1) is 8.64. The molecule has 0 spiro atoms. The van der Waals surface area contributed by atoms with Crippen molar-refractivity contribution in [3.05, 3.63) is 0 Å². The molecular weight excluding hydrogens is 350 g/mol. The number of nitrogens with two attached hydrogens (primary N) is 4. The van der Waals surface area contributed by atoms with Crippen molar-refractivity contribution in [1.82, 2.24) is 0 Å². The molecule has 0 aromatic rings. The van der Waals surface area contributed by atoms with E-state index in [9.17, 15) is 0 Å². The van der Waals surface area contributed by atoms with Gasteiger partial charge in [-0.2, -0.15) is 0 Å². The largest absolute Gasteiger partial charge is 3.00 e. The maximum absolute atomic E-state index is 8.93. The van der Waals surface area contributed by atoms with Gasteiger partial charge in [0, 0.05) is 0 Å². The zero-order chi connectivity index (χ0) is 17.7. The fourth-order valence-corrected chi connectivity index (χ4v) is 0. The van der Waals surface area contributed by atoms with Crippen molar-refractivity contribution in [2.45, 2.75) is 0 Å². The maximum atomic E-state index is 8.93. The summed E-state index contributed by atoms with van der Waals surface area (Å²) in [6.07, 6.45) is 0. The summed E-state index contributed by atoms with van der Waals surface area (Å²) < 4.78 is 34.0. The molecule has 0 unspecified atom stereocenters.